The second kappa shape index (κ2) is 4.91. The van der Waals surface area contributed by atoms with Crippen LogP contribution in [0.1, 0.15) is 5.56 Å². The summed E-state index contributed by atoms with van der Waals surface area (Å²) in [6, 6.07) is 11.7. The molecule has 5 nitrogen and oxygen atoms in total. The van der Waals surface area contributed by atoms with Crippen LogP contribution >= 0.6 is 0 Å². The van der Waals surface area contributed by atoms with Gasteiger partial charge in [0.15, 0.2) is 0 Å². The van der Waals surface area contributed by atoms with Crippen LogP contribution in [0.5, 0.6) is 11.5 Å². The Balaban J connectivity index is 2.28. The molecule has 0 saturated carbocycles. The molecule has 2 rings (SSSR count). The number of ether oxygens (including phenoxy) is 1. The molecule has 0 radical (unpaired) electrons. The molecule has 0 aliphatic rings. The molecule has 0 aromatic heterocycles. The van der Waals surface area contributed by atoms with Crippen LogP contribution in [-0.2, 0) is 10.0 Å². The molecule has 2 aromatic rings. The number of sulfonamides is 1. The zero-order valence-electron chi connectivity index (χ0n) is 10.3. The Hall–Kier alpha value is -2.05. The van der Waals surface area contributed by atoms with Crippen LogP contribution in [-0.4, -0.2) is 8.42 Å². The topological polar surface area (TPSA) is 95.4 Å². The van der Waals surface area contributed by atoms with Crippen LogP contribution in [0.15, 0.2) is 47.4 Å². The summed E-state index contributed by atoms with van der Waals surface area (Å²) >= 11 is 0. The average Bonchev–Trinajstić information content (AvgIpc) is 2.30. The average molecular weight is 278 g/mol. The van der Waals surface area contributed by atoms with E-state index in [9.17, 15) is 8.42 Å². The maximum Gasteiger partial charge on any atom is 0.240 e. The normalized spacial score (nSPS) is 11.3. The highest BCUT2D eigenvalue weighted by molar-refractivity contribution is 7.89. The van der Waals surface area contributed by atoms with Gasteiger partial charge >= 0.3 is 0 Å². The fourth-order valence-electron chi connectivity index (χ4n) is 1.59. The van der Waals surface area contributed by atoms with E-state index < -0.39 is 10.0 Å². The van der Waals surface area contributed by atoms with Crippen LogP contribution in [0.25, 0.3) is 0 Å². The summed E-state index contributed by atoms with van der Waals surface area (Å²) in [5, 5.41) is 5.03. The van der Waals surface area contributed by atoms with Crippen molar-refractivity contribution in [2.24, 2.45) is 5.14 Å². The predicted molar refractivity (Wildman–Crippen MR) is 73.5 cm³/mol. The van der Waals surface area contributed by atoms with Crippen LogP contribution in [0, 0.1) is 6.92 Å². The van der Waals surface area contributed by atoms with E-state index in [0.717, 1.165) is 5.56 Å². The number of benzene rings is 2. The van der Waals surface area contributed by atoms with E-state index in [1.54, 1.807) is 0 Å². The number of primary sulfonamides is 1. The molecule has 100 valence electrons. The Morgan fingerprint density at radius 1 is 1.00 bits per heavy atom. The lowest BCUT2D eigenvalue weighted by atomic mass is 10.2. The standard InChI is InChI=1S/C13H14N2O3S/c1-9-2-4-10(5-3-9)18-11-6-7-13(12(14)8-11)19(15,16)17/h2-8H,14H2,1H3,(H2,15,16,17). The number of nitrogen functional groups attached to an aromatic ring is 1. The molecule has 0 unspecified atom stereocenters. The smallest absolute Gasteiger partial charge is 0.240 e. The third-order valence-corrected chi connectivity index (χ3v) is 3.53. The van der Waals surface area contributed by atoms with Gasteiger partial charge in [0.1, 0.15) is 16.4 Å². The molecule has 4 N–H and O–H groups in total. The quantitative estimate of drug-likeness (QED) is 0.839. The lowest BCUT2D eigenvalue weighted by Gasteiger charge is -2.08. The van der Waals surface area contributed by atoms with Gasteiger partial charge in [-0.05, 0) is 31.2 Å². The van der Waals surface area contributed by atoms with Crippen LogP contribution < -0.4 is 15.6 Å². The van der Waals surface area contributed by atoms with Gasteiger partial charge in [-0.3, -0.25) is 0 Å². The van der Waals surface area contributed by atoms with Crippen molar-refractivity contribution in [2.75, 3.05) is 5.73 Å². The van der Waals surface area contributed by atoms with Crippen molar-refractivity contribution in [1.29, 1.82) is 0 Å². The number of rotatable bonds is 3. The second-order valence-electron chi connectivity index (χ2n) is 4.16. The van der Waals surface area contributed by atoms with E-state index in [0.29, 0.717) is 11.5 Å². The number of anilines is 1. The molecule has 0 aliphatic carbocycles. The van der Waals surface area contributed by atoms with Crippen LogP contribution in [0.4, 0.5) is 5.69 Å². The molecule has 0 amide bonds. The minimum Gasteiger partial charge on any atom is -0.457 e. The number of aryl methyl sites for hydroxylation is 1. The van der Waals surface area contributed by atoms with Gasteiger partial charge in [-0.15, -0.1) is 0 Å². The Bertz CT molecular complexity index is 694. The Labute approximate surface area is 111 Å². The van der Waals surface area contributed by atoms with Gasteiger partial charge in [-0.1, -0.05) is 17.7 Å². The van der Waals surface area contributed by atoms with E-state index in [1.807, 2.05) is 31.2 Å². The first-order valence-corrected chi connectivity index (χ1v) is 7.08. The molecule has 0 bridgehead atoms. The van der Waals surface area contributed by atoms with E-state index in [2.05, 4.69) is 0 Å². The fourth-order valence-corrected chi connectivity index (χ4v) is 2.24. The number of nitrogens with two attached hydrogens (primary N) is 2. The van der Waals surface area contributed by atoms with E-state index in [4.69, 9.17) is 15.6 Å². The fraction of sp³-hybridized carbons (Fsp3) is 0.0769. The van der Waals surface area contributed by atoms with Crippen molar-refractivity contribution in [3.63, 3.8) is 0 Å². The van der Waals surface area contributed by atoms with Crippen molar-refractivity contribution in [3.8, 4) is 11.5 Å². The summed E-state index contributed by atoms with van der Waals surface area (Å²) in [5.41, 5.74) is 6.83. The molecule has 6 heteroatoms. The maximum atomic E-state index is 11.2. The van der Waals surface area contributed by atoms with Gasteiger partial charge in [0.25, 0.3) is 0 Å². The van der Waals surface area contributed by atoms with Crippen LogP contribution in [0.3, 0.4) is 0 Å². The molecule has 0 spiro atoms. The minimum absolute atomic E-state index is 0.0621. The molecular formula is C13H14N2O3S. The predicted octanol–water partition coefficient (Wildman–Crippen LogP) is 2.02. The highest BCUT2D eigenvalue weighted by Gasteiger charge is 2.12. The maximum absolute atomic E-state index is 11.2. The van der Waals surface area contributed by atoms with Gasteiger partial charge in [0.2, 0.25) is 10.0 Å². The summed E-state index contributed by atoms with van der Waals surface area (Å²) in [7, 11) is -3.81. The SMILES string of the molecule is Cc1ccc(Oc2ccc(S(N)(=O)=O)c(N)c2)cc1. The number of hydrogen-bond donors (Lipinski definition) is 2. The van der Waals surface area contributed by atoms with Gasteiger partial charge in [-0.2, -0.15) is 0 Å². The van der Waals surface area contributed by atoms with Crippen molar-refractivity contribution >= 4 is 15.7 Å². The molecule has 0 fully saturated rings. The molecule has 0 atom stereocenters. The van der Waals surface area contributed by atoms with Gasteiger partial charge in [0, 0.05) is 6.07 Å². The van der Waals surface area contributed by atoms with Crippen molar-refractivity contribution in [2.45, 2.75) is 11.8 Å². The van der Waals surface area contributed by atoms with Crippen molar-refractivity contribution in [3.05, 3.63) is 48.0 Å². The van der Waals surface area contributed by atoms with Gasteiger partial charge in [-0.25, -0.2) is 13.6 Å². The van der Waals surface area contributed by atoms with Crippen molar-refractivity contribution in [1.82, 2.24) is 0 Å². The summed E-state index contributed by atoms with van der Waals surface area (Å²) in [6.07, 6.45) is 0. The van der Waals surface area contributed by atoms with Crippen LogP contribution in [0.2, 0.25) is 0 Å². The number of hydrogen-bond acceptors (Lipinski definition) is 4. The van der Waals surface area contributed by atoms with E-state index >= 15 is 0 Å². The summed E-state index contributed by atoms with van der Waals surface area (Å²) < 4.78 is 28.0. The highest BCUT2D eigenvalue weighted by Crippen LogP contribution is 2.27. The molecule has 19 heavy (non-hydrogen) atoms. The Morgan fingerprint density at radius 3 is 2.11 bits per heavy atom. The molecule has 2 aromatic carbocycles. The monoisotopic (exact) mass is 278 g/mol. The summed E-state index contributed by atoms with van der Waals surface area (Å²) in [4.78, 5) is -0.108. The van der Waals surface area contributed by atoms with E-state index in [1.165, 1.54) is 18.2 Å². The third-order valence-electron chi connectivity index (χ3n) is 2.54. The first-order chi connectivity index (χ1) is 8.86. The van der Waals surface area contributed by atoms with Gasteiger partial charge in [0.05, 0.1) is 5.69 Å². The second-order valence-corrected chi connectivity index (χ2v) is 5.69. The third kappa shape index (κ3) is 3.24. The minimum atomic E-state index is -3.81. The highest BCUT2D eigenvalue weighted by atomic mass is 32.2. The first-order valence-electron chi connectivity index (χ1n) is 5.53. The molecule has 0 heterocycles. The lowest BCUT2D eigenvalue weighted by Crippen LogP contribution is -2.14. The summed E-state index contributed by atoms with van der Waals surface area (Å²) in [5.74, 6) is 1.10. The van der Waals surface area contributed by atoms with E-state index in [-0.39, 0.29) is 10.6 Å². The first kappa shape index (κ1) is 13.4. The Morgan fingerprint density at radius 2 is 1.58 bits per heavy atom. The summed E-state index contributed by atoms with van der Waals surface area (Å²) in [6.45, 7) is 1.97. The van der Waals surface area contributed by atoms with Gasteiger partial charge < -0.3 is 10.5 Å². The zero-order chi connectivity index (χ0) is 14.0. The zero-order valence-corrected chi connectivity index (χ0v) is 11.1. The molecule has 0 aliphatic heterocycles. The largest absolute Gasteiger partial charge is 0.457 e. The molecular weight excluding hydrogens is 264 g/mol. The Kier molecular flexibility index (Phi) is 3.46. The lowest BCUT2D eigenvalue weighted by molar-refractivity contribution is 0.482. The van der Waals surface area contributed by atoms with Crippen molar-refractivity contribution < 1.29 is 13.2 Å². The molecule has 0 saturated heterocycles.